The van der Waals surface area contributed by atoms with Crippen molar-refractivity contribution in [2.45, 2.75) is 13.0 Å². The van der Waals surface area contributed by atoms with E-state index in [9.17, 15) is 14.8 Å². The molecular weight excluding hydrogens is 359 g/mol. The Kier molecular flexibility index (Phi) is 4.45. The first kappa shape index (κ1) is 17.9. The van der Waals surface area contributed by atoms with Gasteiger partial charge >= 0.3 is 0 Å². The van der Waals surface area contributed by atoms with Gasteiger partial charge in [0.25, 0.3) is 0 Å². The second-order valence-corrected chi connectivity index (χ2v) is 6.60. The van der Waals surface area contributed by atoms with E-state index in [0.29, 0.717) is 30.0 Å². The van der Waals surface area contributed by atoms with Crippen LogP contribution >= 0.6 is 0 Å². The summed E-state index contributed by atoms with van der Waals surface area (Å²) < 4.78 is 18.0. The lowest BCUT2D eigenvalue weighted by Crippen LogP contribution is -2.05. The fraction of sp³-hybridized carbons (Fsp3) is 0.250. The zero-order valence-corrected chi connectivity index (χ0v) is 15.6. The largest absolute Gasteiger partial charge is 0.396 e. The number of aliphatic hydroxyl groups excluding tert-OH is 1. The normalized spacial score (nSPS) is 11.2. The third-order valence-corrected chi connectivity index (χ3v) is 4.80. The summed E-state index contributed by atoms with van der Waals surface area (Å²) >= 11 is 0. The molecule has 0 atom stereocenters. The Labute approximate surface area is 160 Å². The Balaban J connectivity index is 2.09. The molecule has 0 aliphatic carbocycles. The van der Waals surface area contributed by atoms with Gasteiger partial charge in [-0.25, -0.2) is 14.4 Å². The number of halogens is 1. The van der Waals surface area contributed by atoms with E-state index in [0.717, 1.165) is 22.1 Å². The van der Waals surface area contributed by atoms with Gasteiger partial charge in [-0.1, -0.05) is 0 Å². The smallest absolute Gasteiger partial charge is 0.156 e. The first-order chi connectivity index (χ1) is 13.6. The summed E-state index contributed by atoms with van der Waals surface area (Å²) in [6.45, 7) is 0.534. The number of nitriles is 1. The predicted octanol–water partition coefficient (Wildman–Crippen LogP) is 3.02. The number of aryl methyl sites for hydroxylation is 2. The third kappa shape index (κ3) is 2.77. The molecule has 7 nitrogen and oxygen atoms in total. The van der Waals surface area contributed by atoms with Crippen molar-refractivity contribution in [3.63, 3.8) is 0 Å². The Morgan fingerprint density at radius 1 is 1.29 bits per heavy atom. The molecule has 2 N–H and O–H groups in total. The molecule has 4 rings (SSSR count). The van der Waals surface area contributed by atoms with Crippen LogP contribution in [0.1, 0.15) is 12.0 Å². The maximum atomic E-state index is 14.1. The van der Waals surface area contributed by atoms with Crippen molar-refractivity contribution < 1.29 is 9.50 Å². The summed E-state index contributed by atoms with van der Waals surface area (Å²) in [5.41, 5.74) is 3.96. The van der Waals surface area contributed by atoms with E-state index in [4.69, 9.17) is 4.98 Å². The molecule has 4 aromatic rings. The van der Waals surface area contributed by atoms with Crippen molar-refractivity contribution in [2.24, 2.45) is 7.05 Å². The number of aromatic nitrogens is 4. The van der Waals surface area contributed by atoms with Gasteiger partial charge in [0.1, 0.15) is 17.0 Å². The first-order valence-corrected chi connectivity index (χ1v) is 8.91. The molecule has 3 heterocycles. The van der Waals surface area contributed by atoms with Gasteiger partial charge in [-0.05, 0) is 30.7 Å². The zero-order chi connectivity index (χ0) is 19.8. The number of hydrogen-bond donors (Lipinski definition) is 2. The number of imidazole rings is 1. The molecule has 0 aliphatic heterocycles. The quantitative estimate of drug-likeness (QED) is 0.557. The topological polar surface area (TPSA) is 91.7 Å². The highest BCUT2D eigenvalue weighted by atomic mass is 19.1. The number of aliphatic hydroxyl groups is 1. The molecule has 28 heavy (non-hydrogen) atoms. The molecule has 3 aromatic heterocycles. The number of anilines is 1. The van der Waals surface area contributed by atoms with Crippen LogP contribution in [0.3, 0.4) is 0 Å². The van der Waals surface area contributed by atoms with Gasteiger partial charge in [0.15, 0.2) is 5.82 Å². The monoisotopic (exact) mass is 378 g/mol. The van der Waals surface area contributed by atoms with Gasteiger partial charge in [-0.2, -0.15) is 5.26 Å². The molecule has 0 spiro atoms. The number of nitrogens with one attached hydrogen (secondary N) is 1. The standard InChI is InChI=1S/C20H19FN6O/c1-23-19-17-18(26(2)11-24-17)15-9-16(27(4-3-5-28)20(15)25-19)13-6-12(10-22)7-14(21)8-13/h6-9,11,28H,3-5H2,1-2H3,(H,23,25). The lowest BCUT2D eigenvalue weighted by Gasteiger charge is -2.11. The molecule has 0 unspecified atom stereocenters. The lowest BCUT2D eigenvalue weighted by atomic mass is 10.1. The van der Waals surface area contributed by atoms with Crippen LogP contribution in [0, 0.1) is 17.1 Å². The fourth-order valence-electron chi connectivity index (χ4n) is 3.58. The molecule has 0 fully saturated rings. The van der Waals surface area contributed by atoms with E-state index in [2.05, 4.69) is 10.3 Å². The number of benzene rings is 1. The summed E-state index contributed by atoms with van der Waals surface area (Å²) in [5.74, 6) is 0.178. The van der Waals surface area contributed by atoms with Gasteiger partial charge in [0, 0.05) is 38.2 Å². The molecule has 0 amide bonds. The Hall–Kier alpha value is -3.44. The van der Waals surface area contributed by atoms with E-state index in [1.54, 1.807) is 19.4 Å². The van der Waals surface area contributed by atoms with Gasteiger partial charge in [0.05, 0.1) is 29.2 Å². The van der Waals surface area contributed by atoms with Crippen LogP contribution < -0.4 is 5.32 Å². The number of nitrogens with zero attached hydrogens (tertiary/aromatic N) is 5. The predicted molar refractivity (Wildman–Crippen MR) is 105 cm³/mol. The Morgan fingerprint density at radius 2 is 2.11 bits per heavy atom. The van der Waals surface area contributed by atoms with E-state index in [-0.39, 0.29) is 12.2 Å². The highest BCUT2D eigenvalue weighted by molar-refractivity contribution is 6.07. The minimum absolute atomic E-state index is 0.0263. The van der Waals surface area contributed by atoms with Crippen LogP contribution in [-0.4, -0.2) is 37.9 Å². The molecule has 0 bridgehead atoms. The summed E-state index contributed by atoms with van der Waals surface area (Å²) in [6, 6.07) is 8.22. The second-order valence-electron chi connectivity index (χ2n) is 6.60. The summed E-state index contributed by atoms with van der Waals surface area (Å²) in [5, 5.41) is 22.5. The molecule has 0 saturated heterocycles. The highest BCUT2D eigenvalue weighted by Crippen LogP contribution is 2.35. The fourth-order valence-corrected chi connectivity index (χ4v) is 3.58. The SMILES string of the molecule is CNc1nc2c(cc(-c3cc(F)cc(C#N)c3)n2CCCO)c2c1ncn2C. The molecule has 8 heteroatoms. The number of fused-ring (bicyclic) bond motifs is 3. The summed E-state index contributed by atoms with van der Waals surface area (Å²) in [7, 11) is 3.70. The van der Waals surface area contributed by atoms with Crippen molar-refractivity contribution in [3.8, 4) is 17.3 Å². The number of pyridine rings is 1. The van der Waals surface area contributed by atoms with Crippen LogP contribution in [0.4, 0.5) is 10.2 Å². The second kappa shape index (κ2) is 6.94. The average Bonchev–Trinajstić information content (AvgIpc) is 3.25. The van der Waals surface area contributed by atoms with Crippen LogP contribution in [0.2, 0.25) is 0 Å². The zero-order valence-electron chi connectivity index (χ0n) is 15.6. The molecule has 0 aliphatic rings. The lowest BCUT2D eigenvalue weighted by molar-refractivity contribution is 0.281. The Morgan fingerprint density at radius 3 is 2.82 bits per heavy atom. The van der Waals surface area contributed by atoms with E-state index < -0.39 is 5.82 Å². The number of rotatable bonds is 5. The van der Waals surface area contributed by atoms with Crippen molar-refractivity contribution in [1.82, 2.24) is 19.1 Å². The Bertz CT molecular complexity index is 1230. The van der Waals surface area contributed by atoms with Gasteiger partial charge in [-0.15, -0.1) is 0 Å². The molecule has 142 valence electrons. The molecular formula is C20H19FN6O. The summed E-state index contributed by atoms with van der Waals surface area (Å²) in [4.78, 5) is 9.17. The maximum absolute atomic E-state index is 14.1. The maximum Gasteiger partial charge on any atom is 0.156 e. The van der Waals surface area contributed by atoms with Crippen LogP contribution in [0.25, 0.3) is 33.3 Å². The average molecular weight is 378 g/mol. The molecule has 1 aromatic carbocycles. The van der Waals surface area contributed by atoms with Gasteiger partial charge in [-0.3, -0.25) is 0 Å². The minimum Gasteiger partial charge on any atom is -0.396 e. The van der Waals surface area contributed by atoms with Crippen molar-refractivity contribution in [3.05, 3.63) is 42.0 Å². The third-order valence-electron chi connectivity index (χ3n) is 4.80. The van der Waals surface area contributed by atoms with Crippen LogP contribution in [0.15, 0.2) is 30.6 Å². The van der Waals surface area contributed by atoms with Gasteiger partial charge in [0.2, 0.25) is 0 Å². The molecule has 0 saturated carbocycles. The van der Waals surface area contributed by atoms with E-state index in [1.165, 1.54) is 12.1 Å². The minimum atomic E-state index is -0.470. The van der Waals surface area contributed by atoms with Crippen molar-refractivity contribution in [2.75, 3.05) is 19.0 Å². The molecule has 0 radical (unpaired) electrons. The number of hydrogen-bond acceptors (Lipinski definition) is 5. The van der Waals surface area contributed by atoms with E-state index in [1.807, 2.05) is 28.3 Å². The van der Waals surface area contributed by atoms with Gasteiger partial charge < -0.3 is 19.6 Å². The van der Waals surface area contributed by atoms with Crippen LogP contribution in [-0.2, 0) is 13.6 Å². The van der Waals surface area contributed by atoms with Crippen LogP contribution in [0.5, 0.6) is 0 Å². The van der Waals surface area contributed by atoms with E-state index >= 15 is 0 Å². The summed E-state index contributed by atoms with van der Waals surface area (Å²) in [6.07, 6.45) is 2.25. The van der Waals surface area contributed by atoms with Crippen molar-refractivity contribution in [1.29, 1.82) is 5.26 Å². The first-order valence-electron chi connectivity index (χ1n) is 8.91. The highest BCUT2D eigenvalue weighted by Gasteiger charge is 2.19. The van der Waals surface area contributed by atoms with Crippen molar-refractivity contribution >= 4 is 27.9 Å².